The maximum Gasteiger partial charge on any atom is 0.338 e. The van der Waals surface area contributed by atoms with Gasteiger partial charge in [-0.15, -0.1) is 0 Å². The maximum absolute atomic E-state index is 12.1. The number of fused-ring (bicyclic) bond motifs is 9. The third kappa shape index (κ3) is 18.2. The fraction of sp³-hybridized carbons (Fsp3) is 0.574. The van der Waals surface area contributed by atoms with Gasteiger partial charge in [0.05, 0.1) is 95.4 Å². The van der Waals surface area contributed by atoms with Crippen molar-refractivity contribution in [3.8, 4) is 0 Å². The number of aliphatic carboxylic acids is 1. The number of carbonyl (C=O) groups is 8. The lowest BCUT2D eigenvalue weighted by molar-refractivity contribution is -0.161. The number of aliphatic hydroxyl groups is 2. The van der Waals surface area contributed by atoms with Crippen LogP contribution in [0.4, 0.5) is 0 Å². The van der Waals surface area contributed by atoms with Crippen LogP contribution < -0.4 is 0 Å². The van der Waals surface area contributed by atoms with Crippen LogP contribution in [0.25, 0.3) is 0 Å². The molecule has 0 aliphatic carbocycles. The molecule has 8 aliphatic rings. The van der Waals surface area contributed by atoms with Crippen LogP contribution in [0.2, 0.25) is 0 Å². The molecule has 4 fully saturated rings. The van der Waals surface area contributed by atoms with E-state index in [0.717, 1.165) is 12.2 Å². The summed E-state index contributed by atoms with van der Waals surface area (Å²) in [5, 5.41) is 25.0. The first-order valence-electron chi connectivity index (χ1n) is 22.3. The van der Waals surface area contributed by atoms with Crippen molar-refractivity contribution in [3.05, 3.63) is 73.3 Å². The number of carbonyl (C=O) groups excluding carboxylic acids is 7. The predicted octanol–water partition coefficient (Wildman–Crippen LogP) is -0.439. The summed E-state index contributed by atoms with van der Waals surface area (Å²) in [5.74, 6) is -8.16. The molecule has 72 heavy (non-hydrogen) atoms. The van der Waals surface area contributed by atoms with E-state index in [1.807, 2.05) is 24.3 Å². The van der Waals surface area contributed by atoms with E-state index in [1.165, 1.54) is 21.3 Å². The molecular weight excluding hydrogens is 964 g/mol. The van der Waals surface area contributed by atoms with Gasteiger partial charge in [-0.1, -0.05) is 36.5 Å². The Kier molecular flexibility index (Phi) is 27.5. The minimum atomic E-state index is -1.03. The second-order valence-corrected chi connectivity index (χ2v) is 15.4. The highest BCUT2D eigenvalue weighted by Crippen LogP contribution is 2.44. The van der Waals surface area contributed by atoms with E-state index < -0.39 is 95.8 Å². The zero-order valence-corrected chi connectivity index (χ0v) is 40.3. The van der Waals surface area contributed by atoms with Crippen molar-refractivity contribution in [2.75, 3.05) is 102 Å². The number of ether oxygens (including phenoxy) is 13. The molecule has 8 aliphatic heterocycles. The number of carboxylic acids is 1. The van der Waals surface area contributed by atoms with Gasteiger partial charge in [-0.3, -0.25) is 28.8 Å². The first-order chi connectivity index (χ1) is 34.7. The van der Waals surface area contributed by atoms with E-state index in [-0.39, 0.29) is 57.1 Å². The van der Waals surface area contributed by atoms with Crippen molar-refractivity contribution in [2.24, 2.45) is 35.5 Å². The van der Waals surface area contributed by atoms with Gasteiger partial charge >= 0.3 is 47.8 Å². The van der Waals surface area contributed by atoms with Gasteiger partial charge in [0, 0.05) is 47.7 Å². The van der Waals surface area contributed by atoms with Crippen molar-refractivity contribution in [3.63, 3.8) is 0 Å². The summed E-state index contributed by atoms with van der Waals surface area (Å²) in [6.07, 6.45) is 13.7. The fourth-order valence-corrected chi connectivity index (χ4v) is 7.54. The number of hydrogen-bond acceptors (Lipinski definition) is 24. The fourth-order valence-electron chi connectivity index (χ4n) is 7.54. The predicted molar refractivity (Wildman–Crippen MR) is 238 cm³/mol. The largest absolute Gasteiger partial charge is 0.481 e. The Hall–Kier alpha value is -6.00. The number of cyclic esters (lactones) is 4. The Bertz CT molecular complexity index is 1890. The number of furan rings is 1. The van der Waals surface area contributed by atoms with Crippen LogP contribution >= 0.6 is 0 Å². The van der Waals surface area contributed by atoms with Crippen molar-refractivity contribution in [2.45, 2.75) is 36.6 Å². The van der Waals surface area contributed by atoms with E-state index in [9.17, 15) is 38.4 Å². The van der Waals surface area contributed by atoms with E-state index in [4.69, 9.17) is 58.0 Å². The van der Waals surface area contributed by atoms with Crippen molar-refractivity contribution < 1.29 is 120 Å². The number of esters is 7. The molecule has 25 nitrogen and oxygen atoms in total. The first-order valence-corrected chi connectivity index (χ1v) is 22.3. The Balaban J connectivity index is 0.000000239. The van der Waals surface area contributed by atoms with Crippen molar-refractivity contribution in [1.82, 2.24) is 0 Å². The van der Waals surface area contributed by atoms with Gasteiger partial charge in [0.2, 0.25) is 0 Å². The minimum absolute atomic E-state index is 0.122. The molecule has 25 heteroatoms. The molecule has 9 heterocycles. The number of hydrogen-bond donors (Lipinski definition) is 3. The second-order valence-electron chi connectivity index (χ2n) is 15.4. The van der Waals surface area contributed by atoms with E-state index in [0.29, 0.717) is 33.0 Å². The lowest BCUT2D eigenvalue weighted by atomic mass is 9.83. The average molecular weight is 1030 g/mol. The molecule has 0 radical (unpaired) electrons. The SMILES string of the molecule is COCCO.COCCO.COCCOC(=O)[C@@H]1[C@H](C(=O)O)[C@H]2C=C[C@@H]1O2.COCCOC(=O)[C@@H]1[C@H](C(=O)OCCOC)[C@H]2C=C[C@@H]1O2.O=C1C=CC(=O)O1.O=C1OC(=O)[C@H]2[C@@H]1[C@@H]1C=C[C@H]2O1.c1ccoc1. The third-order valence-corrected chi connectivity index (χ3v) is 10.7. The topological polar surface area (TPSA) is 330 Å². The summed E-state index contributed by atoms with van der Waals surface area (Å²) < 4.78 is 67.8. The molecule has 6 bridgehead atoms. The van der Waals surface area contributed by atoms with E-state index in [2.05, 4.69) is 23.4 Å². The number of carboxylic acid groups (broad SMARTS) is 1. The Labute approximate surface area is 413 Å². The lowest BCUT2D eigenvalue weighted by Gasteiger charge is -2.22. The number of rotatable bonds is 17. The molecule has 400 valence electrons. The molecule has 12 atom stereocenters. The maximum atomic E-state index is 12.1. The average Bonchev–Trinajstić information content (AvgIpc) is 4.22. The molecule has 9 rings (SSSR count). The van der Waals surface area contributed by atoms with Crippen LogP contribution in [-0.2, 0) is 99.9 Å². The minimum Gasteiger partial charge on any atom is -0.481 e. The highest BCUT2D eigenvalue weighted by molar-refractivity contribution is 6.05. The normalized spacial score (nSPS) is 28.2. The van der Waals surface area contributed by atoms with Crippen molar-refractivity contribution >= 4 is 47.8 Å². The molecule has 3 N–H and O–H groups in total. The summed E-state index contributed by atoms with van der Waals surface area (Å²) in [6.45, 7) is 2.47. The Morgan fingerprint density at radius 2 is 0.778 bits per heavy atom. The molecule has 1 aromatic rings. The molecule has 1 aromatic heterocycles. The third-order valence-electron chi connectivity index (χ3n) is 10.7. The summed E-state index contributed by atoms with van der Waals surface area (Å²) in [7, 11) is 7.64. The second kappa shape index (κ2) is 32.9. The molecular formula is C47H62O25. The molecule has 4 saturated heterocycles. The summed E-state index contributed by atoms with van der Waals surface area (Å²) in [6, 6.07) is 3.67. The zero-order chi connectivity index (χ0) is 53.0. The van der Waals surface area contributed by atoms with Gasteiger partial charge in [0.1, 0.15) is 55.3 Å². The summed E-state index contributed by atoms with van der Waals surface area (Å²) in [5.41, 5.74) is 0. The van der Waals surface area contributed by atoms with Gasteiger partial charge < -0.3 is 81.3 Å². The van der Waals surface area contributed by atoms with Crippen LogP contribution in [-0.4, -0.2) is 201 Å². The molecule has 0 amide bonds. The van der Waals surface area contributed by atoms with Gasteiger partial charge in [-0.2, -0.15) is 0 Å². The van der Waals surface area contributed by atoms with Gasteiger partial charge in [0.15, 0.2) is 0 Å². The van der Waals surface area contributed by atoms with Gasteiger partial charge in [0.25, 0.3) is 0 Å². The first kappa shape index (κ1) is 60.3. The highest BCUT2D eigenvalue weighted by atomic mass is 16.6. The van der Waals surface area contributed by atoms with Crippen LogP contribution in [0, 0.1) is 35.5 Å². The van der Waals surface area contributed by atoms with Crippen LogP contribution in [0.3, 0.4) is 0 Å². The zero-order valence-electron chi connectivity index (χ0n) is 40.3. The molecule has 0 unspecified atom stereocenters. The highest BCUT2D eigenvalue weighted by Gasteiger charge is 2.59. The molecule has 0 aromatic carbocycles. The summed E-state index contributed by atoms with van der Waals surface area (Å²) in [4.78, 5) is 89.2. The monoisotopic (exact) mass is 1030 g/mol. The lowest BCUT2D eigenvalue weighted by Crippen LogP contribution is -2.39. The number of aliphatic hydroxyl groups excluding tert-OH is 2. The van der Waals surface area contributed by atoms with E-state index >= 15 is 0 Å². The molecule has 0 spiro atoms. The standard InChI is InChI=1S/C14H20O7.C11H14O6.C8H6O4.C4H2O3.C4H4O.2C3H8O2/c1-17-5-7-19-13(15)11-9-3-4-10(21-9)12(11)14(16)20-8-6-18-2;1-15-4-5-16-11(14)9-7-3-2-6(17-7)8(9)10(12)13;9-7-5-3-1-2-4(11-3)6(5)8(10)12-7;5-3-1-2-4(6)7-3;1-2-4-5-3-1;2*1-5-3-2-4/h3-4,9-12H,5-8H2,1-2H3;2-3,6-9H,4-5H2,1H3,(H,12,13);1-6H;1-2H;1-4H;2*4H,2-3H2,1H3/t9-,10+,11-,12+;6-,7+,8-,9+;3-,4+,5-,6+;;;;/m.1...../s1. The number of methoxy groups -OCH3 is 5. The van der Waals surface area contributed by atoms with Crippen molar-refractivity contribution in [1.29, 1.82) is 0 Å². The Morgan fingerprint density at radius 1 is 0.458 bits per heavy atom. The Morgan fingerprint density at radius 3 is 1.04 bits per heavy atom. The summed E-state index contributed by atoms with van der Waals surface area (Å²) >= 11 is 0. The van der Waals surface area contributed by atoms with E-state index in [1.54, 1.807) is 51.1 Å². The molecule has 0 saturated carbocycles. The van der Waals surface area contributed by atoms with Gasteiger partial charge in [-0.05, 0) is 12.1 Å². The van der Waals surface area contributed by atoms with Crippen LogP contribution in [0.15, 0.2) is 77.7 Å². The van der Waals surface area contributed by atoms with Crippen LogP contribution in [0.1, 0.15) is 0 Å². The quantitative estimate of drug-likeness (QED) is 0.0585. The van der Waals surface area contributed by atoms with Gasteiger partial charge in [-0.25, -0.2) is 9.59 Å². The smallest absolute Gasteiger partial charge is 0.338 e. The van der Waals surface area contributed by atoms with Crippen LogP contribution in [0.5, 0.6) is 0 Å².